The maximum absolute atomic E-state index is 11.6. The molecule has 6 nitrogen and oxygen atoms in total. The molecule has 0 aliphatic carbocycles. The van der Waals surface area contributed by atoms with Gasteiger partial charge in [0.1, 0.15) is 0 Å². The summed E-state index contributed by atoms with van der Waals surface area (Å²) in [5.41, 5.74) is 2.52. The van der Waals surface area contributed by atoms with Crippen molar-refractivity contribution in [1.29, 1.82) is 0 Å². The summed E-state index contributed by atoms with van der Waals surface area (Å²) in [4.78, 5) is 13.7. The second-order valence-corrected chi connectivity index (χ2v) is 6.76. The molecule has 1 atom stereocenters. The Kier molecular flexibility index (Phi) is 5.88. The van der Waals surface area contributed by atoms with Crippen LogP contribution < -0.4 is 5.32 Å². The molecule has 0 saturated carbocycles. The minimum atomic E-state index is -0.0947. The monoisotopic (exact) mass is 384 g/mol. The zero-order valence-electron chi connectivity index (χ0n) is 15.4. The smallest absolute Gasteiger partial charge is 0.251 e. The number of benzene rings is 2. The minimum Gasteiger partial charge on any atom is -0.419 e. The fourth-order valence-corrected chi connectivity index (χ4v) is 2.85. The van der Waals surface area contributed by atoms with Crippen LogP contribution in [0.3, 0.4) is 0 Å². The van der Waals surface area contributed by atoms with Crippen LogP contribution in [0.1, 0.15) is 34.8 Å². The van der Waals surface area contributed by atoms with Crippen LogP contribution in [0.4, 0.5) is 0 Å². The first-order valence-corrected chi connectivity index (χ1v) is 8.96. The predicted molar refractivity (Wildman–Crippen MR) is 104 cm³/mol. The molecule has 0 aliphatic rings. The highest BCUT2D eigenvalue weighted by molar-refractivity contribution is 6.30. The molecule has 0 saturated heterocycles. The Morgan fingerprint density at radius 1 is 1.22 bits per heavy atom. The molecule has 1 heterocycles. The molecule has 140 valence electrons. The lowest BCUT2D eigenvalue weighted by Gasteiger charge is -2.21. The lowest BCUT2D eigenvalue weighted by molar-refractivity contribution is 0.0963. The molecular formula is C20H21ClN4O2. The van der Waals surface area contributed by atoms with E-state index in [4.69, 9.17) is 16.0 Å². The first-order valence-electron chi connectivity index (χ1n) is 8.58. The van der Waals surface area contributed by atoms with Crippen LogP contribution in [0.25, 0.3) is 11.5 Å². The second kappa shape index (κ2) is 8.33. The third-order valence-corrected chi connectivity index (χ3v) is 4.64. The van der Waals surface area contributed by atoms with E-state index in [2.05, 4.69) is 20.4 Å². The summed E-state index contributed by atoms with van der Waals surface area (Å²) < 4.78 is 5.83. The van der Waals surface area contributed by atoms with Gasteiger partial charge in [-0.1, -0.05) is 29.8 Å². The number of rotatable bonds is 6. The maximum atomic E-state index is 11.6. The van der Waals surface area contributed by atoms with E-state index in [1.54, 1.807) is 19.2 Å². The Bertz CT molecular complexity index is 924. The Balaban J connectivity index is 1.68. The highest BCUT2D eigenvalue weighted by Crippen LogP contribution is 2.25. The van der Waals surface area contributed by atoms with E-state index in [0.717, 1.165) is 11.1 Å². The van der Waals surface area contributed by atoms with Gasteiger partial charge in [0.2, 0.25) is 11.8 Å². The van der Waals surface area contributed by atoms with Crippen molar-refractivity contribution in [3.63, 3.8) is 0 Å². The van der Waals surface area contributed by atoms with E-state index in [0.29, 0.717) is 28.9 Å². The van der Waals surface area contributed by atoms with E-state index in [1.807, 2.05) is 50.4 Å². The van der Waals surface area contributed by atoms with Crippen molar-refractivity contribution >= 4 is 17.5 Å². The summed E-state index contributed by atoms with van der Waals surface area (Å²) in [6, 6.07) is 14.8. The van der Waals surface area contributed by atoms with E-state index in [-0.39, 0.29) is 11.9 Å². The van der Waals surface area contributed by atoms with Crippen molar-refractivity contribution in [2.24, 2.45) is 0 Å². The molecule has 3 aromatic rings. The number of nitrogens with zero attached hydrogens (tertiary/aromatic N) is 3. The molecule has 3 rings (SSSR count). The molecule has 7 heteroatoms. The van der Waals surface area contributed by atoms with E-state index in [1.165, 1.54) is 0 Å². The molecule has 0 radical (unpaired) electrons. The molecule has 1 N–H and O–H groups in total. The van der Waals surface area contributed by atoms with Gasteiger partial charge in [-0.25, -0.2) is 0 Å². The van der Waals surface area contributed by atoms with Crippen molar-refractivity contribution in [2.75, 3.05) is 14.1 Å². The Hall–Kier alpha value is -2.70. The molecule has 0 aliphatic heterocycles. The molecular weight excluding hydrogens is 364 g/mol. The van der Waals surface area contributed by atoms with E-state index < -0.39 is 0 Å². The summed E-state index contributed by atoms with van der Waals surface area (Å²) >= 11 is 6.02. The normalized spacial score (nSPS) is 12.2. The molecule has 0 bridgehead atoms. The first kappa shape index (κ1) is 19.1. The molecule has 0 fully saturated rings. The van der Waals surface area contributed by atoms with E-state index >= 15 is 0 Å². The summed E-state index contributed by atoms with van der Waals surface area (Å²) in [5, 5.41) is 11.5. The average molecular weight is 385 g/mol. The molecule has 27 heavy (non-hydrogen) atoms. The summed E-state index contributed by atoms with van der Waals surface area (Å²) in [7, 11) is 3.61. The lowest BCUT2D eigenvalue weighted by atomic mass is 10.1. The number of carbonyl (C=O) groups is 1. The zero-order chi connectivity index (χ0) is 19.4. The minimum absolute atomic E-state index is 0.0657. The number of amides is 1. The van der Waals surface area contributed by atoms with Crippen LogP contribution in [-0.2, 0) is 6.54 Å². The van der Waals surface area contributed by atoms with Crippen molar-refractivity contribution < 1.29 is 9.21 Å². The van der Waals surface area contributed by atoms with Crippen LogP contribution in [0.5, 0.6) is 0 Å². The van der Waals surface area contributed by atoms with Crippen LogP contribution >= 0.6 is 11.6 Å². The predicted octanol–water partition coefficient (Wildman–Crippen LogP) is 3.94. The highest BCUT2D eigenvalue weighted by atomic mass is 35.5. The van der Waals surface area contributed by atoms with Gasteiger partial charge in [-0.3, -0.25) is 9.69 Å². The van der Waals surface area contributed by atoms with Crippen LogP contribution in [0.2, 0.25) is 5.02 Å². The maximum Gasteiger partial charge on any atom is 0.251 e. The second-order valence-electron chi connectivity index (χ2n) is 6.32. The van der Waals surface area contributed by atoms with Gasteiger partial charge in [0.25, 0.3) is 5.91 Å². The van der Waals surface area contributed by atoms with Gasteiger partial charge < -0.3 is 9.73 Å². The van der Waals surface area contributed by atoms with E-state index in [9.17, 15) is 4.79 Å². The van der Waals surface area contributed by atoms with Crippen molar-refractivity contribution in [2.45, 2.75) is 19.5 Å². The lowest BCUT2D eigenvalue weighted by Crippen LogP contribution is -2.22. The first-order chi connectivity index (χ1) is 13.0. The summed E-state index contributed by atoms with van der Waals surface area (Å²) in [5.74, 6) is 0.889. The fraction of sp³-hybridized carbons (Fsp3) is 0.250. The Labute approximate surface area is 163 Å². The van der Waals surface area contributed by atoms with Gasteiger partial charge in [0, 0.05) is 29.7 Å². The van der Waals surface area contributed by atoms with Crippen molar-refractivity contribution in [3.05, 3.63) is 70.6 Å². The van der Waals surface area contributed by atoms with Crippen LogP contribution in [-0.4, -0.2) is 35.1 Å². The third kappa shape index (κ3) is 4.53. The number of carbonyl (C=O) groups excluding carboxylic acids is 1. The average Bonchev–Trinajstić information content (AvgIpc) is 3.17. The standard InChI is InChI=1S/C20H21ClN4O2/c1-13(19-23-24-20(27-19)16-5-4-6-17(21)11-16)25(3)12-14-7-9-15(10-8-14)18(26)22-2/h4-11,13H,12H2,1-3H3,(H,22,26)/t13-/m1/s1. The number of hydrogen-bond donors (Lipinski definition) is 1. The largest absolute Gasteiger partial charge is 0.419 e. The van der Waals surface area contributed by atoms with Crippen LogP contribution in [0, 0.1) is 0 Å². The molecule has 2 aromatic carbocycles. The zero-order valence-corrected chi connectivity index (χ0v) is 16.2. The number of halogens is 1. The van der Waals surface area contributed by atoms with Gasteiger partial charge >= 0.3 is 0 Å². The number of hydrogen-bond acceptors (Lipinski definition) is 5. The highest BCUT2D eigenvalue weighted by Gasteiger charge is 2.19. The third-order valence-electron chi connectivity index (χ3n) is 4.41. The van der Waals surface area contributed by atoms with Gasteiger partial charge in [-0.05, 0) is 49.9 Å². The number of nitrogens with one attached hydrogen (secondary N) is 1. The van der Waals surface area contributed by atoms with Gasteiger partial charge in [0.15, 0.2) is 0 Å². The summed E-state index contributed by atoms with van der Waals surface area (Å²) in [6.45, 7) is 2.69. The quantitative estimate of drug-likeness (QED) is 0.696. The Morgan fingerprint density at radius 2 is 1.96 bits per heavy atom. The summed E-state index contributed by atoms with van der Waals surface area (Å²) in [6.07, 6.45) is 0. The molecule has 1 aromatic heterocycles. The van der Waals surface area contributed by atoms with Crippen LogP contribution in [0.15, 0.2) is 52.9 Å². The molecule has 1 amide bonds. The number of aromatic nitrogens is 2. The van der Waals surface area contributed by atoms with Gasteiger partial charge in [-0.15, -0.1) is 10.2 Å². The van der Waals surface area contributed by atoms with Gasteiger partial charge in [-0.2, -0.15) is 0 Å². The molecule has 0 unspecified atom stereocenters. The Morgan fingerprint density at radius 3 is 2.63 bits per heavy atom. The SMILES string of the molecule is CNC(=O)c1ccc(CN(C)[C@H](C)c2nnc(-c3cccc(Cl)c3)o2)cc1. The van der Waals surface area contributed by atoms with Gasteiger partial charge in [0.05, 0.1) is 6.04 Å². The fourth-order valence-electron chi connectivity index (χ4n) is 2.66. The topological polar surface area (TPSA) is 71.3 Å². The van der Waals surface area contributed by atoms with Crippen molar-refractivity contribution in [1.82, 2.24) is 20.4 Å². The molecule has 0 spiro atoms. The van der Waals surface area contributed by atoms with Crippen molar-refractivity contribution in [3.8, 4) is 11.5 Å².